The normalized spacial score (nSPS) is 10.7. The van der Waals surface area contributed by atoms with Gasteiger partial charge in [0, 0.05) is 18.3 Å². The first-order valence-corrected chi connectivity index (χ1v) is 7.90. The van der Waals surface area contributed by atoms with E-state index >= 15 is 0 Å². The fourth-order valence-electron chi connectivity index (χ4n) is 2.20. The molecule has 1 aromatic heterocycles. The van der Waals surface area contributed by atoms with Crippen molar-refractivity contribution >= 4 is 17.5 Å². The van der Waals surface area contributed by atoms with Crippen LogP contribution < -0.4 is 15.4 Å². The number of amides is 1. The van der Waals surface area contributed by atoms with E-state index in [1.807, 2.05) is 6.92 Å². The molecule has 2 N–H and O–H groups in total. The minimum absolute atomic E-state index is 0. The van der Waals surface area contributed by atoms with Gasteiger partial charge < -0.3 is 15.4 Å². The number of anilines is 2. The van der Waals surface area contributed by atoms with Crippen LogP contribution in [0.3, 0.4) is 0 Å². The summed E-state index contributed by atoms with van der Waals surface area (Å²) in [5, 5.41) is 5.56. The summed E-state index contributed by atoms with van der Waals surface area (Å²) >= 11 is 0. The number of aromatic nitrogens is 2. The topological polar surface area (TPSA) is 76.1 Å². The zero-order valence-electron chi connectivity index (χ0n) is 14.6. The Hall–Kier alpha value is -2.84. The van der Waals surface area contributed by atoms with Crippen LogP contribution in [0.5, 0.6) is 5.75 Å². The number of benzene rings is 1. The minimum atomic E-state index is -4.51. The molecule has 0 fully saturated rings. The van der Waals surface area contributed by atoms with Crippen LogP contribution in [-0.2, 0) is 6.18 Å². The molecule has 0 spiro atoms. The average Bonchev–Trinajstić information content (AvgIpc) is 2.58. The first kappa shape index (κ1) is 22.2. The van der Waals surface area contributed by atoms with Crippen molar-refractivity contribution in [3.8, 4) is 5.75 Å². The number of hydrogen-bond acceptors (Lipinski definition) is 5. The van der Waals surface area contributed by atoms with Crippen molar-refractivity contribution in [3.05, 3.63) is 41.2 Å². The van der Waals surface area contributed by atoms with Crippen molar-refractivity contribution in [1.29, 1.82) is 0 Å². The first-order chi connectivity index (χ1) is 12.3. The van der Waals surface area contributed by atoms with Gasteiger partial charge >= 0.3 is 6.18 Å². The monoisotopic (exact) mass is 384 g/mol. The van der Waals surface area contributed by atoms with Gasteiger partial charge in [-0.3, -0.25) is 4.79 Å². The lowest BCUT2D eigenvalue weighted by Crippen LogP contribution is -2.23. The molecule has 2 rings (SSSR count). The number of hydrogen-bond donors (Lipinski definition) is 2. The SMILES string of the molecule is C.CCCNC(=O)c1ccc(Nc2ncc(C(F)(F)F)c(C)n2)c(OC)c1. The summed E-state index contributed by atoms with van der Waals surface area (Å²) in [7, 11) is 1.42. The molecule has 1 heterocycles. The van der Waals surface area contributed by atoms with E-state index in [2.05, 4.69) is 20.6 Å². The van der Waals surface area contributed by atoms with Crippen molar-refractivity contribution in [3.63, 3.8) is 0 Å². The van der Waals surface area contributed by atoms with Crippen LogP contribution in [0.15, 0.2) is 24.4 Å². The Morgan fingerprint density at radius 3 is 2.56 bits per heavy atom. The van der Waals surface area contributed by atoms with Crippen LogP contribution in [-0.4, -0.2) is 29.5 Å². The zero-order chi connectivity index (χ0) is 19.3. The maximum absolute atomic E-state index is 12.8. The second kappa shape index (κ2) is 9.20. The molecule has 1 amide bonds. The fraction of sp³-hybridized carbons (Fsp3) is 0.389. The number of nitrogens with one attached hydrogen (secondary N) is 2. The van der Waals surface area contributed by atoms with Crippen LogP contribution in [0.25, 0.3) is 0 Å². The Kier molecular flexibility index (Phi) is 7.56. The van der Waals surface area contributed by atoms with E-state index in [1.54, 1.807) is 12.1 Å². The Morgan fingerprint density at radius 2 is 2.00 bits per heavy atom. The smallest absolute Gasteiger partial charge is 0.419 e. The molecule has 2 aromatic rings. The lowest BCUT2D eigenvalue weighted by atomic mass is 10.1. The van der Waals surface area contributed by atoms with Crippen LogP contribution >= 0.6 is 0 Å². The van der Waals surface area contributed by atoms with Gasteiger partial charge in [0.2, 0.25) is 5.95 Å². The summed E-state index contributed by atoms with van der Waals surface area (Å²) in [6, 6.07) is 4.69. The van der Waals surface area contributed by atoms with Crippen molar-refractivity contribution < 1.29 is 22.7 Å². The van der Waals surface area contributed by atoms with Crippen LogP contribution in [0.1, 0.15) is 42.4 Å². The number of rotatable bonds is 6. The number of carbonyl (C=O) groups is 1. The summed E-state index contributed by atoms with van der Waals surface area (Å²) in [4.78, 5) is 19.5. The number of alkyl halides is 3. The highest BCUT2D eigenvalue weighted by Gasteiger charge is 2.33. The second-order valence-corrected chi connectivity index (χ2v) is 5.49. The Bertz CT molecular complexity index is 795. The predicted octanol–water partition coefficient (Wildman–Crippen LogP) is 4.33. The molecule has 148 valence electrons. The maximum Gasteiger partial charge on any atom is 0.419 e. The van der Waals surface area contributed by atoms with E-state index in [1.165, 1.54) is 20.1 Å². The van der Waals surface area contributed by atoms with Gasteiger partial charge in [0.05, 0.1) is 24.1 Å². The van der Waals surface area contributed by atoms with Crippen LogP contribution in [0.2, 0.25) is 0 Å². The number of carbonyl (C=O) groups excluding carboxylic acids is 1. The van der Waals surface area contributed by atoms with Crippen molar-refractivity contribution in [1.82, 2.24) is 15.3 Å². The summed E-state index contributed by atoms with van der Waals surface area (Å²) in [5.41, 5.74) is -0.244. The highest BCUT2D eigenvalue weighted by Crippen LogP contribution is 2.32. The molecule has 1 aromatic carbocycles. The average molecular weight is 384 g/mol. The number of nitrogens with zero attached hydrogens (tertiary/aromatic N) is 2. The third kappa shape index (κ3) is 5.57. The van der Waals surface area contributed by atoms with Gasteiger partial charge in [-0.15, -0.1) is 0 Å². The van der Waals surface area contributed by atoms with Gasteiger partial charge in [-0.25, -0.2) is 9.97 Å². The molecule has 0 aliphatic heterocycles. The zero-order valence-corrected chi connectivity index (χ0v) is 14.6. The summed E-state index contributed by atoms with van der Waals surface area (Å²) in [5.74, 6) is 0.102. The van der Waals surface area contributed by atoms with E-state index in [9.17, 15) is 18.0 Å². The van der Waals surface area contributed by atoms with Crippen molar-refractivity contribution in [2.75, 3.05) is 19.0 Å². The van der Waals surface area contributed by atoms with Crippen molar-refractivity contribution in [2.24, 2.45) is 0 Å². The van der Waals surface area contributed by atoms with Gasteiger partial charge in [-0.1, -0.05) is 14.4 Å². The quantitative estimate of drug-likeness (QED) is 0.775. The lowest BCUT2D eigenvalue weighted by molar-refractivity contribution is -0.138. The molecule has 27 heavy (non-hydrogen) atoms. The second-order valence-electron chi connectivity index (χ2n) is 5.49. The Morgan fingerprint density at radius 1 is 1.30 bits per heavy atom. The summed E-state index contributed by atoms with van der Waals surface area (Å²) < 4.78 is 43.6. The van der Waals surface area contributed by atoms with E-state index in [-0.39, 0.29) is 25.0 Å². The minimum Gasteiger partial charge on any atom is -0.495 e. The molecule has 0 saturated heterocycles. The number of methoxy groups -OCH3 is 1. The van der Waals surface area contributed by atoms with Crippen LogP contribution in [0, 0.1) is 6.92 Å². The third-order valence-electron chi connectivity index (χ3n) is 3.53. The molecule has 0 aliphatic carbocycles. The van der Waals surface area contributed by atoms with Gasteiger partial charge in [-0.2, -0.15) is 13.2 Å². The maximum atomic E-state index is 12.8. The van der Waals surface area contributed by atoms with Gasteiger partial charge in [0.1, 0.15) is 5.75 Å². The molecular formula is C18H23F3N4O2. The Balaban J connectivity index is 0.00000364. The van der Waals surface area contributed by atoms with Crippen molar-refractivity contribution in [2.45, 2.75) is 33.9 Å². The fourth-order valence-corrected chi connectivity index (χ4v) is 2.20. The predicted molar refractivity (Wildman–Crippen MR) is 97.4 cm³/mol. The third-order valence-corrected chi connectivity index (χ3v) is 3.53. The first-order valence-electron chi connectivity index (χ1n) is 7.90. The highest BCUT2D eigenvalue weighted by molar-refractivity contribution is 5.95. The van der Waals surface area contributed by atoms with E-state index in [4.69, 9.17) is 4.74 Å². The van der Waals surface area contributed by atoms with Gasteiger partial charge in [0.25, 0.3) is 5.91 Å². The molecule has 0 atom stereocenters. The number of halogens is 3. The molecule has 9 heteroatoms. The van der Waals surface area contributed by atoms with Crippen LogP contribution in [0.4, 0.5) is 24.8 Å². The summed E-state index contributed by atoms with van der Waals surface area (Å²) in [6.07, 6.45) is -2.97. The standard InChI is InChI=1S/C17H19F3N4O2.CH4/c1-4-7-21-15(25)11-5-6-13(14(8-11)26-3)24-16-22-9-12(10(2)23-16)17(18,19)20;/h5-6,8-9H,4,7H2,1-3H3,(H,21,25)(H,22,23,24);1H4. The number of ether oxygens (including phenoxy) is 1. The lowest BCUT2D eigenvalue weighted by Gasteiger charge is -2.13. The molecule has 0 bridgehead atoms. The van der Waals surface area contributed by atoms with Gasteiger partial charge in [-0.05, 0) is 31.5 Å². The molecule has 0 aliphatic rings. The number of aryl methyl sites for hydroxylation is 1. The summed E-state index contributed by atoms with van der Waals surface area (Å²) in [6.45, 7) is 3.76. The van der Waals surface area contributed by atoms with E-state index in [0.717, 1.165) is 12.6 Å². The molecule has 0 radical (unpaired) electrons. The van der Waals surface area contributed by atoms with E-state index in [0.29, 0.717) is 23.5 Å². The highest BCUT2D eigenvalue weighted by atomic mass is 19.4. The molecule has 6 nitrogen and oxygen atoms in total. The molecule has 0 saturated carbocycles. The largest absolute Gasteiger partial charge is 0.495 e. The van der Waals surface area contributed by atoms with E-state index < -0.39 is 11.7 Å². The molecule has 0 unspecified atom stereocenters. The van der Waals surface area contributed by atoms with Gasteiger partial charge in [0.15, 0.2) is 0 Å². The molecular weight excluding hydrogens is 361 g/mol. The Labute approximate surface area is 156 Å².